The van der Waals surface area contributed by atoms with Crippen molar-refractivity contribution in [2.45, 2.75) is 25.3 Å². The molecule has 0 aromatic heterocycles. The highest BCUT2D eigenvalue weighted by molar-refractivity contribution is 7.80. The van der Waals surface area contributed by atoms with Gasteiger partial charge in [-0.2, -0.15) is 0 Å². The van der Waals surface area contributed by atoms with Crippen LogP contribution in [0.15, 0.2) is 0 Å². The lowest BCUT2D eigenvalue weighted by Crippen LogP contribution is -2.47. The molecular formula is C8H14N2O2S. The summed E-state index contributed by atoms with van der Waals surface area (Å²) in [5, 5.41) is 2.86. The molecule has 1 fully saturated rings. The predicted molar refractivity (Wildman–Crippen MR) is 53.4 cm³/mol. The molecule has 1 unspecified atom stereocenters. The van der Waals surface area contributed by atoms with Crippen LogP contribution in [0.3, 0.4) is 0 Å². The predicted octanol–water partition coefficient (Wildman–Crippen LogP) is -0.0422. The Balaban J connectivity index is 2.38. The number of hydrogen-bond acceptors (Lipinski definition) is 3. The van der Waals surface area contributed by atoms with Gasteiger partial charge in [0, 0.05) is 6.61 Å². The van der Waals surface area contributed by atoms with E-state index in [9.17, 15) is 4.79 Å². The van der Waals surface area contributed by atoms with Gasteiger partial charge in [-0.05, 0) is 13.3 Å². The summed E-state index contributed by atoms with van der Waals surface area (Å²) >= 11 is 4.63. The van der Waals surface area contributed by atoms with E-state index in [0.717, 1.165) is 6.42 Å². The maximum atomic E-state index is 11.3. The van der Waals surface area contributed by atoms with E-state index in [1.807, 2.05) is 6.92 Å². The minimum Gasteiger partial charge on any atom is -0.393 e. The molecule has 0 saturated carbocycles. The molecule has 4 nitrogen and oxygen atoms in total. The molecule has 0 aliphatic carbocycles. The summed E-state index contributed by atoms with van der Waals surface area (Å²) in [6.45, 7) is 3.22. The molecule has 1 heterocycles. The standard InChI is InChI=1S/C8H14N2O2S/c1-8(2-3-12-5-8)10-7(11)4-6(9)13/h2-5H2,1H3,(H2,9,13)(H,10,11). The van der Waals surface area contributed by atoms with Crippen LogP contribution in [0.4, 0.5) is 0 Å². The van der Waals surface area contributed by atoms with Crippen molar-refractivity contribution in [3.8, 4) is 0 Å². The van der Waals surface area contributed by atoms with E-state index >= 15 is 0 Å². The first-order valence-corrected chi connectivity index (χ1v) is 4.60. The molecule has 1 rings (SSSR count). The van der Waals surface area contributed by atoms with Gasteiger partial charge in [0.2, 0.25) is 5.91 Å². The van der Waals surface area contributed by atoms with Crippen LogP contribution in [0, 0.1) is 0 Å². The van der Waals surface area contributed by atoms with Gasteiger partial charge in [-0.25, -0.2) is 0 Å². The monoisotopic (exact) mass is 202 g/mol. The SMILES string of the molecule is CC1(NC(=O)CC(N)=S)CCOC1. The molecule has 0 radical (unpaired) electrons. The Labute approximate surface area is 82.8 Å². The van der Waals surface area contributed by atoms with Gasteiger partial charge >= 0.3 is 0 Å². The summed E-state index contributed by atoms with van der Waals surface area (Å²) in [5.41, 5.74) is 5.02. The summed E-state index contributed by atoms with van der Waals surface area (Å²) in [6, 6.07) is 0. The highest BCUT2D eigenvalue weighted by Gasteiger charge is 2.30. The molecule has 0 bridgehead atoms. The van der Waals surface area contributed by atoms with E-state index in [4.69, 9.17) is 10.5 Å². The minimum atomic E-state index is -0.234. The molecular weight excluding hydrogens is 188 g/mol. The second kappa shape index (κ2) is 4.02. The summed E-state index contributed by atoms with van der Waals surface area (Å²) in [4.78, 5) is 11.5. The van der Waals surface area contributed by atoms with E-state index in [0.29, 0.717) is 13.2 Å². The Morgan fingerprint density at radius 1 is 1.77 bits per heavy atom. The molecule has 0 aromatic carbocycles. The van der Waals surface area contributed by atoms with Crippen LogP contribution in [-0.2, 0) is 9.53 Å². The lowest BCUT2D eigenvalue weighted by atomic mass is 10.0. The lowest BCUT2D eigenvalue weighted by molar-refractivity contribution is -0.121. The number of amides is 1. The number of nitrogens with one attached hydrogen (secondary N) is 1. The number of carbonyl (C=O) groups excluding carboxylic acids is 1. The van der Waals surface area contributed by atoms with Crippen molar-refractivity contribution in [3.05, 3.63) is 0 Å². The van der Waals surface area contributed by atoms with Gasteiger partial charge < -0.3 is 15.8 Å². The van der Waals surface area contributed by atoms with Crippen LogP contribution in [0.25, 0.3) is 0 Å². The molecule has 1 atom stereocenters. The molecule has 13 heavy (non-hydrogen) atoms. The molecule has 1 aliphatic heterocycles. The fourth-order valence-electron chi connectivity index (χ4n) is 1.30. The van der Waals surface area contributed by atoms with Crippen molar-refractivity contribution >= 4 is 23.1 Å². The molecule has 1 aliphatic rings. The molecule has 1 amide bonds. The van der Waals surface area contributed by atoms with Crippen molar-refractivity contribution in [2.75, 3.05) is 13.2 Å². The molecule has 0 aromatic rings. The number of carbonyl (C=O) groups is 1. The van der Waals surface area contributed by atoms with Gasteiger partial charge in [-0.3, -0.25) is 4.79 Å². The lowest BCUT2D eigenvalue weighted by Gasteiger charge is -2.23. The average molecular weight is 202 g/mol. The van der Waals surface area contributed by atoms with Crippen LogP contribution in [0.5, 0.6) is 0 Å². The average Bonchev–Trinajstić information content (AvgIpc) is 2.33. The van der Waals surface area contributed by atoms with Crippen LogP contribution in [0.2, 0.25) is 0 Å². The Bertz CT molecular complexity index is 224. The van der Waals surface area contributed by atoms with E-state index in [2.05, 4.69) is 17.5 Å². The van der Waals surface area contributed by atoms with Crippen LogP contribution in [0.1, 0.15) is 19.8 Å². The Kier molecular flexibility index (Phi) is 3.22. The third-order valence-corrected chi connectivity index (χ3v) is 2.14. The second-order valence-corrected chi connectivity index (χ2v) is 4.08. The Hall–Kier alpha value is -0.680. The van der Waals surface area contributed by atoms with E-state index in [-0.39, 0.29) is 22.9 Å². The zero-order valence-corrected chi connectivity index (χ0v) is 8.45. The van der Waals surface area contributed by atoms with E-state index in [1.165, 1.54) is 0 Å². The number of ether oxygens (including phenoxy) is 1. The van der Waals surface area contributed by atoms with Gasteiger partial charge in [0.05, 0.1) is 23.6 Å². The van der Waals surface area contributed by atoms with Crippen molar-refractivity contribution in [3.63, 3.8) is 0 Å². The second-order valence-electron chi connectivity index (χ2n) is 3.55. The quantitative estimate of drug-likeness (QED) is 0.630. The first-order chi connectivity index (χ1) is 6.02. The first kappa shape index (κ1) is 10.4. The maximum absolute atomic E-state index is 11.3. The molecule has 0 spiro atoms. The van der Waals surface area contributed by atoms with Crippen molar-refractivity contribution in [1.82, 2.24) is 5.32 Å². The highest BCUT2D eigenvalue weighted by Crippen LogP contribution is 2.17. The minimum absolute atomic E-state index is 0.116. The fourth-order valence-corrected chi connectivity index (χ4v) is 1.44. The molecule has 74 valence electrons. The van der Waals surface area contributed by atoms with Gasteiger partial charge in [0.1, 0.15) is 0 Å². The smallest absolute Gasteiger partial charge is 0.227 e. The maximum Gasteiger partial charge on any atom is 0.227 e. The normalized spacial score (nSPS) is 27.2. The summed E-state index contributed by atoms with van der Waals surface area (Å²) in [7, 11) is 0. The van der Waals surface area contributed by atoms with Crippen molar-refractivity contribution in [1.29, 1.82) is 0 Å². The van der Waals surface area contributed by atoms with Crippen LogP contribution in [-0.4, -0.2) is 29.6 Å². The molecule has 3 N–H and O–H groups in total. The van der Waals surface area contributed by atoms with Crippen molar-refractivity contribution < 1.29 is 9.53 Å². The summed E-state index contributed by atoms with van der Waals surface area (Å²) in [6.07, 6.45) is 0.959. The van der Waals surface area contributed by atoms with Crippen LogP contribution >= 0.6 is 12.2 Å². The fraction of sp³-hybridized carbons (Fsp3) is 0.750. The number of thiocarbonyl (C=S) groups is 1. The summed E-state index contributed by atoms with van der Waals surface area (Å²) < 4.78 is 5.19. The Morgan fingerprint density at radius 3 is 2.92 bits per heavy atom. The van der Waals surface area contributed by atoms with Gasteiger partial charge in [0.25, 0.3) is 0 Å². The first-order valence-electron chi connectivity index (χ1n) is 4.19. The van der Waals surface area contributed by atoms with E-state index in [1.54, 1.807) is 0 Å². The number of rotatable bonds is 3. The third-order valence-electron chi connectivity index (χ3n) is 1.99. The van der Waals surface area contributed by atoms with Crippen molar-refractivity contribution in [2.24, 2.45) is 5.73 Å². The van der Waals surface area contributed by atoms with Gasteiger partial charge in [-0.15, -0.1) is 0 Å². The largest absolute Gasteiger partial charge is 0.393 e. The third kappa shape index (κ3) is 3.28. The highest BCUT2D eigenvalue weighted by atomic mass is 32.1. The van der Waals surface area contributed by atoms with E-state index < -0.39 is 0 Å². The topological polar surface area (TPSA) is 64.4 Å². The summed E-state index contributed by atoms with van der Waals surface area (Å²) in [5.74, 6) is -0.125. The van der Waals surface area contributed by atoms with Crippen LogP contribution < -0.4 is 11.1 Å². The number of nitrogens with two attached hydrogens (primary N) is 1. The van der Waals surface area contributed by atoms with Gasteiger partial charge in [-0.1, -0.05) is 12.2 Å². The van der Waals surface area contributed by atoms with Gasteiger partial charge in [0.15, 0.2) is 0 Å². The Morgan fingerprint density at radius 2 is 2.46 bits per heavy atom. The zero-order chi connectivity index (χ0) is 9.90. The zero-order valence-electron chi connectivity index (χ0n) is 7.63. The molecule has 1 saturated heterocycles. The number of hydrogen-bond donors (Lipinski definition) is 2. The molecule has 5 heteroatoms.